The number of ether oxygens (including phenoxy) is 1. The maximum atomic E-state index is 5.90. The molecule has 0 saturated heterocycles. The van der Waals surface area contributed by atoms with Gasteiger partial charge in [-0.25, -0.2) is 0 Å². The first-order valence-corrected chi connectivity index (χ1v) is 8.43. The van der Waals surface area contributed by atoms with Crippen molar-refractivity contribution >= 4 is 11.8 Å². The van der Waals surface area contributed by atoms with Gasteiger partial charge in [0.2, 0.25) is 0 Å². The molecule has 1 aromatic carbocycles. The van der Waals surface area contributed by atoms with E-state index in [1.807, 2.05) is 11.8 Å². The van der Waals surface area contributed by atoms with E-state index in [1.54, 1.807) is 0 Å². The molecule has 106 valence electrons. The maximum Gasteiger partial charge on any atom is 0.123 e. The largest absolute Gasteiger partial charge is 0.487 e. The van der Waals surface area contributed by atoms with E-state index < -0.39 is 0 Å². The van der Waals surface area contributed by atoms with Gasteiger partial charge in [0.1, 0.15) is 11.4 Å². The summed E-state index contributed by atoms with van der Waals surface area (Å²) in [6, 6.07) is 7.16. The van der Waals surface area contributed by atoms with Crippen molar-refractivity contribution in [2.75, 3.05) is 12.0 Å². The van der Waals surface area contributed by atoms with Crippen LogP contribution in [0, 0.1) is 0 Å². The molecule has 19 heavy (non-hydrogen) atoms. The van der Waals surface area contributed by atoms with Crippen molar-refractivity contribution in [3.05, 3.63) is 29.3 Å². The van der Waals surface area contributed by atoms with Crippen molar-refractivity contribution in [2.24, 2.45) is 0 Å². The van der Waals surface area contributed by atoms with Crippen LogP contribution in [0.25, 0.3) is 0 Å². The topological polar surface area (TPSA) is 21.3 Å². The van der Waals surface area contributed by atoms with Crippen LogP contribution in [0.15, 0.2) is 18.2 Å². The molecule has 2 rings (SSSR count). The highest BCUT2D eigenvalue weighted by Gasteiger charge is 2.29. The summed E-state index contributed by atoms with van der Waals surface area (Å²) in [6.07, 6.45) is 4.40. The second kappa shape index (κ2) is 6.19. The van der Waals surface area contributed by atoms with Crippen molar-refractivity contribution in [3.63, 3.8) is 0 Å². The standard InChI is InChI=1S/C16H25NOS/c1-12(7-8-19-4)17-11-13-5-6-15-14(9-13)10-16(2,3)18-15/h5-6,9,12,17H,7-8,10-11H2,1-4H3. The zero-order valence-corrected chi connectivity index (χ0v) is 13.3. The minimum Gasteiger partial charge on any atom is -0.487 e. The van der Waals surface area contributed by atoms with E-state index in [0.29, 0.717) is 6.04 Å². The van der Waals surface area contributed by atoms with Gasteiger partial charge in [0.15, 0.2) is 0 Å². The number of benzene rings is 1. The summed E-state index contributed by atoms with van der Waals surface area (Å²) < 4.78 is 5.90. The molecule has 1 atom stereocenters. The molecule has 1 aromatic rings. The van der Waals surface area contributed by atoms with Crippen LogP contribution >= 0.6 is 11.8 Å². The molecule has 0 amide bonds. The van der Waals surface area contributed by atoms with Crippen molar-refractivity contribution < 1.29 is 4.74 Å². The van der Waals surface area contributed by atoms with Crippen LogP contribution in [0.1, 0.15) is 38.3 Å². The predicted octanol–water partition coefficient (Wildman–Crippen LogP) is 3.63. The average Bonchev–Trinajstić information content (AvgIpc) is 2.66. The van der Waals surface area contributed by atoms with E-state index in [9.17, 15) is 0 Å². The molecule has 0 fully saturated rings. The second-order valence-electron chi connectivity index (χ2n) is 6.04. The van der Waals surface area contributed by atoms with Gasteiger partial charge in [-0.05, 0) is 56.4 Å². The Balaban J connectivity index is 1.90. The molecule has 0 aromatic heterocycles. The SMILES string of the molecule is CSCCC(C)NCc1ccc2c(c1)CC(C)(C)O2. The molecule has 0 saturated carbocycles. The smallest absolute Gasteiger partial charge is 0.123 e. The Morgan fingerprint density at radius 1 is 1.42 bits per heavy atom. The molecule has 1 aliphatic rings. The van der Waals surface area contributed by atoms with Gasteiger partial charge < -0.3 is 10.1 Å². The maximum absolute atomic E-state index is 5.90. The van der Waals surface area contributed by atoms with Gasteiger partial charge in [-0.1, -0.05) is 12.1 Å². The fourth-order valence-corrected chi connectivity index (χ4v) is 3.05. The summed E-state index contributed by atoms with van der Waals surface area (Å²) in [4.78, 5) is 0. The van der Waals surface area contributed by atoms with Gasteiger partial charge in [0.05, 0.1) is 0 Å². The van der Waals surface area contributed by atoms with Crippen LogP contribution in [0.2, 0.25) is 0 Å². The molecule has 0 bridgehead atoms. The number of rotatable bonds is 6. The van der Waals surface area contributed by atoms with Crippen molar-refractivity contribution in [1.82, 2.24) is 5.32 Å². The zero-order chi connectivity index (χ0) is 13.9. The lowest BCUT2D eigenvalue weighted by molar-refractivity contribution is 0.138. The molecule has 1 N–H and O–H groups in total. The Morgan fingerprint density at radius 3 is 2.95 bits per heavy atom. The number of nitrogens with one attached hydrogen (secondary N) is 1. The molecule has 1 aliphatic heterocycles. The van der Waals surface area contributed by atoms with Crippen LogP contribution < -0.4 is 10.1 Å². The van der Waals surface area contributed by atoms with E-state index >= 15 is 0 Å². The van der Waals surface area contributed by atoms with Gasteiger partial charge in [0, 0.05) is 19.0 Å². The highest BCUT2D eigenvalue weighted by Crippen LogP contribution is 2.35. The Hall–Kier alpha value is -0.670. The number of hydrogen-bond acceptors (Lipinski definition) is 3. The first-order chi connectivity index (χ1) is 9.00. The summed E-state index contributed by atoms with van der Waals surface area (Å²) in [5.41, 5.74) is 2.66. The van der Waals surface area contributed by atoms with Crippen molar-refractivity contribution in [3.8, 4) is 5.75 Å². The lowest BCUT2D eigenvalue weighted by Gasteiger charge is -2.16. The molecule has 0 aliphatic carbocycles. The third-order valence-electron chi connectivity index (χ3n) is 3.54. The average molecular weight is 279 g/mol. The number of thioether (sulfide) groups is 1. The lowest BCUT2D eigenvalue weighted by atomic mass is 10.00. The molecule has 1 unspecified atom stereocenters. The van der Waals surface area contributed by atoms with E-state index in [-0.39, 0.29) is 5.60 Å². The summed E-state index contributed by atoms with van der Waals surface area (Å²) >= 11 is 1.91. The van der Waals surface area contributed by atoms with E-state index in [1.165, 1.54) is 23.3 Å². The third-order valence-corrected chi connectivity index (χ3v) is 4.18. The van der Waals surface area contributed by atoms with Crippen LogP contribution in [0.5, 0.6) is 5.75 Å². The lowest BCUT2D eigenvalue weighted by Crippen LogP contribution is -2.26. The summed E-state index contributed by atoms with van der Waals surface area (Å²) in [6.45, 7) is 7.50. The quantitative estimate of drug-likeness (QED) is 0.859. The Labute approximate surface area is 121 Å². The Bertz CT molecular complexity index is 431. The molecule has 1 heterocycles. The second-order valence-corrected chi connectivity index (χ2v) is 7.03. The highest BCUT2D eigenvalue weighted by atomic mass is 32.2. The zero-order valence-electron chi connectivity index (χ0n) is 12.5. The molecular weight excluding hydrogens is 254 g/mol. The highest BCUT2D eigenvalue weighted by molar-refractivity contribution is 7.98. The molecule has 3 heteroatoms. The normalized spacial score (nSPS) is 17.9. The fraction of sp³-hybridized carbons (Fsp3) is 0.625. The Morgan fingerprint density at radius 2 is 2.21 bits per heavy atom. The van der Waals surface area contributed by atoms with Crippen LogP contribution in [-0.4, -0.2) is 23.7 Å². The van der Waals surface area contributed by atoms with E-state index in [0.717, 1.165) is 18.7 Å². The first kappa shape index (κ1) is 14.7. The molecule has 0 spiro atoms. The third kappa shape index (κ3) is 4.15. The van der Waals surface area contributed by atoms with Gasteiger partial charge >= 0.3 is 0 Å². The monoisotopic (exact) mass is 279 g/mol. The molecule has 2 nitrogen and oxygen atoms in total. The van der Waals surface area contributed by atoms with E-state index in [2.05, 4.69) is 50.5 Å². The number of hydrogen-bond donors (Lipinski definition) is 1. The summed E-state index contributed by atoms with van der Waals surface area (Å²) in [5.74, 6) is 2.28. The van der Waals surface area contributed by atoms with Gasteiger partial charge in [-0.15, -0.1) is 0 Å². The summed E-state index contributed by atoms with van der Waals surface area (Å²) in [5, 5.41) is 3.59. The molecular formula is C16H25NOS. The minimum atomic E-state index is -0.0416. The van der Waals surface area contributed by atoms with Crippen LogP contribution in [0.3, 0.4) is 0 Å². The van der Waals surface area contributed by atoms with Crippen LogP contribution in [-0.2, 0) is 13.0 Å². The fourth-order valence-electron chi connectivity index (χ4n) is 2.46. The summed E-state index contributed by atoms with van der Waals surface area (Å²) in [7, 11) is 0. The van der Waals surface area contributed by atoms with Crippen molar-refractivity contribution in [1.29, 1.82) is 0 Å². The predicted molar refractivity (Wildman–Crippen MR) is 84.2 cm³/mol. The number of fused-ring (bicyclic) bond motifs is 1. The molecule has 0 radical (unpaired) electrons. The first-order valence-electron chi connectivity index (χ1n) is 7.03. The minimum absolute atomic E-state index is 0.0416. The Kier molecular flexibility index (Phi) is 4.80. The van der Waals surface area contributed by atoms with E-state index in [4.69, 9.17) is 4.74 Å². The van der Waals surface area contributed by atoms with Crippen LogP contribution in [0.4, 0.5) is 0 Å². The van der Waals surface area contributed by atoms with Gasteiger partial charge in [0.25, 0.3) is 0 Å². The van der Waals surface area contributed by atoms with Gasteiger partial charge in [-0.3, -0.25) is 0 Å². The van der Waals surface area contributed by atoms with Gasteiger partial charge in [-0.2, -0.15) is 11.8 Å². The van der Waals surface area contributed by atoms with Crippen molar-refractivity contribution in [2.45, 2.75) is 51.8 Å².